The number of rotatable bonds is 2. The Kier molecular flexibility index (Phi) is 3.81. The topological polar surface area (TPSA) is 49.3 Å². The number of hydrogen-bond acceptors (Lipinski definition) is 2. The van der Waals surface area contributed by atoms with Gasteiger partial charge in [-0.25, -0.2) is 5.48 Å². The third-order valence-electron chi connectivity index (χ3n) is 0.946. The van der Waals surface area contributed by atoms with E-state index in [1.54, 1.807) is 5.48 Å². The second-order valence-corrected chi connectivity index (χ2v) is 3.11. The van der Waals surface area contributed by atoms with Crippen molar-refractivity contribution >= 4 is 21.8 Å². The minimum Gasteiger partial charge on any atom is -0.289 e. The summed E-state index contributed by atoms with van der Waals surface area (Å²) < 4.78 is 0. The van der Waals surface area contributed by atoms with Gasteiger partial charge in [0.1, 0.15) is 0 Å². The van der Waals surface area contributed by atoms with Gasteiger partial charge < -0.3 is 0 Å². The Labute approximate surface area is 62.5 Å². The van der Waals surface area contributed by atoms with Crippen LogP contribution < -0.4 is 5.48 Å². The van der Waals surface area contributed by atoms with Gasteiger partial charge in [-0.2, -0.15) is 0 Å². The van der Waals surface area contributed by atoms with Gasteiger partial charge in [-0.15, -0.1) is 0 Å². The van der Waals surface area contributed by atoms with E-state index in [9.17, 15) is 4.79 Å². The minimum absolute atomic E-state index is 0.192. The average molecular weight is 196 g/mol. The van der Waals surface area contributed by atoms with Crippen LogP contribution in [-0.4, -0.2) is 15.9 Å². The lowest BCUT2D eigenvalue weighted by molar-refractivity contribution is -0.129. The summed E-state index contributed by atoms with van der Waals surface area (Å²) in [6, 6.07) is 0. The first kappa shape index (κ1) is 8.91. The van der Waals surface area contributed by atoms with Crippen molar-refractivity contribution in [2.45, 2.75) is 18.7 Å². The SMILES string of the molecule is CC(C)C(Br)C(=O)NO. The number of hydroxylamine groups is 1. The predicted molar refractivity (Wildman–Crippen MR) is 37.5 cm³/mol. The average Bonchev–Trinajstić information content (AvgIpc) is 1.84. The summed E-state index contributed by atoms with van der Waals surface area (Å²) in [7, 11) is 0. The number of nitrogens with one attached hydrogen (secondary N) is 1. The van der Waals surface area contributed by atoms with Crippen LogP contribution in [0.5, 0.6) is 0 Å². The molecule has 0 spiro atoms. The molecule has 54 valence electrons. The lowest BCUT2D eigenvalue weighted by Crippen LogP contribution is -2.31. The molecule has 2 N–H and O–H groups in total. The predicted octanol–water partition coefficient (Wildman–Crippen LogP) is 0.911. The van der Waals surface area contributed by atoms with Crippen molar-refractivity contribution in [2.75, 3.05) is 0 Å². The number of alkyl halides is 1. The molecule has 0 aliphatic heterocycles. The van der Waals surface area contributed by atoms with E-state index in [1.807, 2.05) is 13.8 Å². The summed E-state index contributed by atoms with van der Waals surface area (Å²) in [4.78, 5) is 10.2. The molecule has 0 rings (SSSR count). The van der Waals surface area contributed by atoms with Crippen molar-refractivity contribution in [1.82, 2.24) is 5.48 Å². The molecule has 0 fully saturated rings. The Morgan fingerprint density at radius 1 is 1.67 bits per heavy atom. The zero-order chi connectivity index (χ0) is 7.44. The monoisotopic (exact) mass is 195 g/mol. The van der Waals surface area contributed by atoms with E-state index in [-0.39, 0.29) is 10.7 Å². The number of amides is 1. The largest absolute Gasteiger partial charge is 0.289 e. The van der Waals surface area contributed by atoms with Crippen molar-refractivity contribution in [3.63, 3.8) is 0 Å². The molecule has 0 bridgehead atoms. The molecule has 0 aromatic carbocycles. The molecule has 1 amide bonds. The van der Waals surface area contributed by atoms with Gasteiger partial charge in [-0.1, -0.05) is 29.8 Å². The number of carbonyl (C=O) groups is 1. The highest BCUT2D eigenvalue weighted by Gasteiger charge is 2.16. The van der Waals surface area contributed by atoms with Crippen LogP contribution in [0.4, 0.5) is 0 Å². The standard InChI is InChI=1S/C5H10BrNO2/c1-3(2)4(6)5(8)7-9/h3-4,9H,1-2H3,(H,7,8). The van der Waals surface area contributed by atoms with Gasteiger partial charge in [0, 0.05) is 0 Å². The maximum absolute atomic E-state index is 10.5. The van der Waals surface area contributed by atoms with Gasteiger partial charge in [0.2, 0.25) is 0 Å². The molecule has 0 aromatic heterocycles. The van der Waals surface area contributed by atoms with E-state index >= 15 is 0 Å². The van der Waals surface area contributed by atoms with Crippen LogP contribution in [0.1, 0.15) is 13.8 Å². The van der Waals surface area contributed by atoms with Gasteiger partial charge >= 0.3 is 0 Å². The molecule has 4 heteroatoms. The zero-order valence-electron chi connectivity index (χ0n) is 5.39. The third kappa shape index (κ3) is 2.81. The third-order valence-corrected chi connectivity index (χ3v) is 2.42. The van der Waals surface area contributed by atoms with Crippen LogP contribution in [0, 0.1) is 5.92 Å². The van der Waals surface area contributed by atoms with Crippen molar-refractivity contribution < 1.29 is 10.0 Å². The number of hydrogen-bond donors (Lipinski definition) is 2. The minimum atomic E-state index is -0.398. The summed E-state index contributed by atoms with van der Waals surface area (Å²) in [6.07, 6.45) is 0. The molecule has 9 heavy (non-hydrogen) atoms. The smallest absolute Gasteiger partial charge is 0.257 e. The lowest BCUT2D eigenvalue weighted by Gasteiger charge is -2.09. The van der Waals surface area contributed by atoms with Crippen LogP contribution in [0.2, 0.25) is 0 Å². The molecule has 0 saturated carbocycles. The summed E-state index contributed by atoms with van der Waals surface area (Å²) in [6.45, 7) is 3.77. The number of halogens is 1. The highest BCUT2D eigenvalue weighted by molar-refractivity contribution is 9.10. The van der Waals surface area contributed by atoms with Crippen LogP contribution in [0.25, 0.3) is 0 Å². The fraction of sp³-hybridized carbons (Fsp3) is 0.800. The molecule has 1 atom stereocenters. The first-order chi connectivity index (χ1) is 4.09. The van der Waals surface area contributed by atoms with Crippen LogP contribution >= 0.6 is 15.9 Å². The Hall–Kier alpha value is -0.0900. The molecule has 0 aliphatic carbocycles. The van der Waals surface area contributed by atoms with Crippen molar-refractivity contribution in [1.29, 1.82) is 0 Å². The molecule has 0 aliphatic rings. The van der Waals surface area contributed by atoms with E-state index in [1.165, 1.54) is 0 Å². The van der Waals surface area contributed by atoms with E-state index in [2.05, 4.69) is 15.9 Å². The zero-order valence-corrected chi connectivity index (χ0v) is 6.97. The van der Waals surface area contributed by atoms with Crippen LogP contribution in [0.15, 0.2) is 0 Å². The van der Waals surface area contributed by atoms with Gasteiger partial charge in [0.15, 0.2) is 0 Å². The summed E-state index contributed by atoms with van der Waals surface area (Å²) in [5.74, 6) is -0.206. The second-order valence-electron chi connectivity index (χ2n) is 2.12. The fourth-order valence-corrected chi connectivity index (χ4v) is 0.467. The second kappa shape index (κ2) is 3.85. The van der Waals surface area contributed by atoms with E-state index < -0.39 is 5.91 Å². The van der Waals surface area contributed by atoms with Gasteiger partial charge in [0.25, 0.3) is 5.91 Å². The van der Waals surface area contributed by atoms with Gasteiger partial charge in [0.05, 0.1) is 4.83 Å². The maximum atomic E-state index is 10.5. The molecule has 1 unspecified atom stereocenters. The number of carbonyl (C=O) groups excluding carboxylic acids is 1. The molecule has 0 aromatic rings. The van der Waals surface area contributed by atoms with Crippen molar-refractivity contribution in [3.8, 4) is 0 Å². The first-order valence-corrected chi connectivity index (χ1v) is 3.59. The van der Waals surface area contributed by atoms with E-state index in [0.29, 0.717) is 0 Å². The summed E-state index contributed by atoms with van der Waals surface area (Å²) in [5, 5.41) is 8.12. The molecular weight excluding hydrogens is 186 g/mol. The maximum Gasteiger partial charge on any atom is 0.257 e. The van der Waals surface area contributed by atoms with Gasteiger partial charge in [-0.05, 0) is 5.92 Å². The van der Waals surface area contributed by atoms with Crippen molar-refractivity contribution in [2.24, 2.45) is 5.92 Å². The molecule has 3 nitrogen and oxygen atoms in total. The van der Waals surface area contributed by atoms with E-state index in [4.69, 9.17) is 5.21 Å². The Morgan fingerprint density at radius 2 is 2.11 bits per heavy atom. The Bertz CT molecular complexity index is 105. The fourth-order valence-electron chi connectivity index (χ4n) is 0.364. The van der Waals surface area contributed by atoms with Crippen LogP contribution in [0.3, 0.4) is 0 Å². The van der Waals surface area contributed by atoms with Crippen molar-refractivity contribution in [3.05, 3.63) is 0 Å². The highest BCUT2D eigenvalue weighted by atomic mass is 79.9. The summed E-state index contributed by atoms with van der Waals surface area (Å²) >= 11 is 3.10. The Balaban J connectivity index is 3.72. The van der Waals surface area contributed by atoms with E-state index in [0.717, 1.165) is 0 Å². The molecule has 0 radical (unpaired) electrons. The van der Waals surface area contributed by atoms with Gasteiger partial charge in [-0.3, -0.25) is 10.0 Å². The molecule has 0 saturated heterocycles. The Morgan fingerprint density at radius 3 is 2.22 bits per heavy atom. The first-order valence-electron chi connectivity index (χ1n) is 2.67. The molecular formula is C5H10BrNO2. The normalized spacial score (nSPS) is 13.4. The highest BCUT2D eigenvalue weighted by Crippen LogP contribution is 2.10. The summed E-state index contributed by atoms with van der Waals surface area (Å²) in [5.41, 5.74) is 1.56. The molecule has 0 heterocycles. The van der Waals surface area contributed by atoms with Crippen LogP contribution in [-0.2, 0) is 4.79 Å². The lowest BCUT2D eigenvalue weighted by atomic mass is 10.1. The quantitative estimate of drug-likeness (QED) is 0.391.